The number of nitrogens with zero attached hydrogens (tertiary/aromatic N) is 2. The minimum atomic E-state index is -0.122. The standard InChI is InChI=1S/C27H34N2O2/c1-4-26(23-13-6-5-7-14-23)27(30)29(18-11-19-31-3)21-25-16-10-17-28(25)20-24-15-9-8-12-22(24)2/h5-10,12-17,26H,4,11,18-21H2,1-3H3. The first-order valence-electron chi connectivity index (χ1n) is 11.1. The third-order valence-electron chi connectivity index (χ3n) is 5.87. The second-order valence-corrected chi connectivity index (χ2v) is 8.03. The van der Waals surface area contributed by atoms with Crippen LogP contribution in [-0.4, -0.2) is 35.6 Å². The van der Waals surface area contributed by atoms with E-state index in [1.165, 1.54) is 11.1 Å². The smallest absolute Gasteiger partial charge is 0.230 e. The molecule has 0 radical (unpaired) electrons. The van der Waals surface area contributed by atoms with Crippen molar-refractivity contribution in [2.75, 3.05) is 20.3 Å². The molecule has 2 aromatic carbocycles. The summed E-state index contributed by atoms with van der Waals surface area (Å²) in [6.07, 6.45) is 3.72. The highest BCUT2D eigenvalue weighted by Gasteiger charge is 2.25. The number of carbonyl (C=O) groups is 1. The second kappa shape index (κ2) is 11.5. The zero-order valence-electron chi connectivity index (χ0n) is 19.0. The molecule has 0 N–H and O–H groups in total. The van der Waals surface area contributed by atoms with Crippen LogP contribution in [0.1, 0.15) is 48.1 Å². The van der Waals surface area contributed by atoms with Crippen LogP contribution in [0.4, 0.5) is 0 Å². The summed E-state index contributed by atoms with van der Waals surface area (Å²) < 4.78 is 7.50. The highest BCUT2D eigenvalue weighted by atomic mass is 16.5. The fourth-order valence-corrected chi connectivity index (χ4v) is 4.04. The van der Waals surface area contributed by atoms with Gasteiger partial charge in [0.25, 0.3) is 0 Å². The van der Waals surface area contributed by atoms with Gasteiger partial charge >= 0.3 is 0 Å². The number of carbonyl (C=O) groups excluding carboxylic acids is 1. The summed E-state index contributed by atoms with van der Waals surface area (Å²) in [5.41, 5.74) is 4.82. The monoisotopic (exact) mass is 418 g/mol. The molecular weight excluding hydrogens is 384 g/mol. The molecule has 1 aromatic heterocycles. The van der Waals surface area contributed by atoms with Gasteiger partial charge in [0.15, 0.2) is 0 Å². The Morgan fingerprint density at radius 1 is 1.03 bits per heavy atom. The topological polar surface area (TPSA) is 34.5 Å². The number of aromatic nitrogens is 1. The molecule has 0 aliphatic rings. The predicted molar refractivity (Wildman–Crippen MR) is 126 cm³/mol. The van der Waals surface area contributed by atoms with Crippen molar-refractivity contribution in [2.45, 2.75) is 45.7 Å². The number of methoxy groups -OCH3 is 1. The predicted octanol–water partition coefficient (Wildman–Crippen LogP) is 5.40. The molecular formula is C27H34N2O2. The summed E-state index contributed by atoms with van der Waals surface area (Å²) >= 11 is 0. The molecule has 164 valence electrons. The van der Waals surface area contributed by atoms with Crippen LogP contribution in [0.5, 0.6) is 0 Å². The molecule has 0 saturated carbocycles. The minimum absolute atomic E-state index is 0.122. The Morgan fingerprint density at radius 3 is 2.48 bits per heavy atom. The number of ether oxygens (including phenoxy) is 1. The SMILES string of the molecule is CCC(C(=O)N(CCCOC)Cc1cccn1Cc1ccccc1C)c1ccccc1. The summed E-state index contributed by atoms with van der Waals surface area (Å²) in [7, 11) is 1.71. The molecule has 4 heteroatoms. The normalized spacial score (nSPS) is 12.0. The molecule has 0 aliphatic carbocycles. The average Bonchev–Trinajstić information content (AvgIpc) is 3.22. The van der Waals surface area contributed by atoms with Gasteiger partial charge < -0.3 is 14.2 Å². The molecule has 1 heterocycles. The second-order valence-electron chi connectivity index (χ2n) is 8.03. The van der Waals surface area contributed by atoms with Gasteiger partial charge in [-0.1, -0.05) is 61.5 Å². The first kappa shape index (κ1) is 22.8. The van der Waals surface area contributed by atoms with E-state index >= 15 is 0 Å². The fraction of sp³-hybridized carbons (Fsp3) is 0.370. The van der Waals surface area contributed by atoms with E-state index < -0.39 is 0 Å². The van der Waals surface area contributed by atoms with Crippen LogP contribution >= 0.6 is 0 Å². The quantitative estimate of drug-likeness (QED) is 0.391. The molecule has 0 bridgehead atoms. The lowest BCUT2D eigenvalue weighted by Gasteiger charge is -2.28. The summed E-state index contributed by atoms with van der Waals surface area (Å²) in [4.78, 5) is 15.6. The van der Waals surface area contributed by atoms with Crippen LogP contribution in [0.2, 0.25) is 0 Å². The van der Waals surface area contributed by atoms with E-state index in [-0.39, 0.29) is 11.8 Å². The Kier molecular flexibility index (Phi) is 8.48. The Morgan fingerprint density at radius 2 is 1.77 bits per heavy atom. The van der Waals surface area contributed by atoms with E-state index in [9.17, 15) is 4.79 Å². The Hall–Kier alpha value is -2.85. The molecule has 1 unspecified atom stereocenters. The van der Waals surface area contributed by atoms with Crippen LogP contribution in [0.25, 0.3) is 0 Å². The van der Waals surface area contributed by atoms with Crippen molar-refractivity contribution in [3.05, 3.63) is 95.3 Å². The Balaban J connectivity index is 1.81. The highest BCUT2D eigenvalue weighted by molar-refractivity contribution is 5.83. The molecule has 3 aromatic rings. The number of hydrogen-bond donors (Lipinski definition) is 0. The molecule has 3 rings (SSSR count). The third-order valence-corrected chi connectivity index (χ3v) is 5.87. The van der Waals surface area contributed by atoms with Gasteiger partial charge in [-0.3, -0.25) is 4.79 Å². The zero-order valence-corrected chi connectivity index (χ0v) is 19.0. The molecule has 0 spiro atoms. The first-order valence-corrected chi connectivity index (χ1v) is 11.1. The van der Waals surface area contributed by atoms with Gasteiger partial charge in [-0.15, -0.1) is 0 Å². The van der Waals surface area contributed by atoms with Crippen LogP contribution in [0, 0.1) is 6.92 Å². The van der Waals surface area contributed by atoms with Gasteiger partial charge in [-0.25, -0.2) is 0 Å². The summed E-state index contributed by atoms with van der Waals surface area (Å²) in [5.74, 6) is 0.0666. The van der Waals surface area contributed by atoms with E-state index in [4.69, 9.17) is 4.74 Å². The van der Waals surface area contributed by atoms with Crippen LogP contribution < -0.4 is 0 Å². The molecule has 1 atom stereocenters. The van der Waals surface area contributed by atoms with Crippen molar-refractivity contribution < 1.29 is 9.53 Å². The van der Waals surface area contributed by atoms with E-state index in [1.807, 2.05) is 23.1 Å². The van der Waals surface area contributed by atoms with Crippen molar-refractivity contribution in [3.8, 4) is 0 Å². The van der Waals surface area contributed by atoms with Crippen molar-refractivity contribution in [2.24, 2.45) is 0 Å². The maximum absolute atomic E-state index is 13.6. The van der Waals surface area contributed by atoms with Gasteiger partial charge in [0.05, 0.1) is 12.5 Å². The highest BCUT2D eigenvalue weighted by Crippen LogP contribution is 2.24. The number of hydrogen-bond acceptors (Lipinski definition) is 2. The number of rotatable bonds is 11. The molecule has 4 nitrogen and oxygen atoms in total. The number of aryl methyl sites for hydroxylation is 1. The van der Waals surface area contributed by atoms with Crippen molar-refractivity contribution >= 4 is 5.91 Å². The van der Waals surface area contributed by atoms with Crippen LogP contribution in [0.3, 0.4) is 0 Å². The Bertz CT molecular complexity index is 949. The van der Waals surface area contributed by atoms with E-state index in [0.717, 1.165) is 30.6 Å². The van der Waals surface area contributed by atoms with Gasteiger partial charge in [-0.2, -0.15) is 0 Å². The van der Waals surface area contributed by atoms with Crippen LogP contribution in [-0.2, 0) is 22.6 Å². The van der Waals surface area contributed by atoms with Crippen molar-refractivity contribution in [1.29, 1.82) is 0 Å². The Labute approximate surface area is 186 Å². The zero-order chi connectivity index (χ0) is 22.1. The molecule has 0 saturated heterocycles. The van der Waals surface area contributed by atoms with Gasteiger partial charge in [0.1, 0.15) is 0 Å². The lowest BCUT2D eigenvalue weighted by molar-refractivity contribution is -0.133. The summed E-state index contributed by atoms with van der Waals surface area (Å²) in [6.45, 7) is 6.98. The number of amides is 1. The molecule has 0 aliphatic heterocycles. The third kappa shape index (κ3) is 6.08. The fourth-order valence-electron chi connectivity index (χ4n) is 4.04. The lowest BCUT2D eigenvalue weighted by Crippen LogP contribution is -2.36. The maximum Gasteiger partial charge on any atom is 0.230 e. The lowest BCUT2D eigenvalue weighted by atomic mass is 9.95. The first-order chi connectivity index (χ1) is 15.1. The van der Waals surface area contributed by atoms with E-state index in [2.05, 4.69) is 73.1 Å². The maximum atomic E-state index is 13.6. The summed E-state index contributed by atoms with van der Waals surface area (Å²) in [6, 6.07) is 22.8. The van der Waals surface area contributed by atoms with E-state index in [0.29, 0.717) is 19.7 Å². The van der Waals surface area contributed by atoms with Gasteiger partial charge in [0.2, 0.25) is 5.91 Å². The molecule has 31 heavy (non-hydrogen) atoms. The number of benzene rings is 2. The largest absolute Gasteiger partial charge is 0.385 e. The minimum Gasteiger partial charge on any atom is -0.385 e. The van der Waals surface area contributed by atoms with Gasteiger partial charge in [-0.05, 0) is 48.6 Å². The average molecular weight is 419 g/mol. The summed E-state index contributed by atoms with van der Waals surface area (Å²) in [5, 5.41) is 0. The van der Waals surface area contributed by atoms with E-state index in [1.54, 1.807) is 7.11 Å². The van der Waals surface area contributed by atoms with Gasteiger partial charge in [0, 0.05) is 38.7 Å². The van der Waals surface area contributed by atoms with Crippen LogP contribution in [0.15, 0.2) is 72.9 Å². The molecule has 0 fully saturated rings. The van der Waals surface area contributed by atoms with Crippen molar-refractivity contribution in [3.63, 3.8) is 0 Å². The van der Waals surface area contributed by atoms with Crippen molar-refractivity contribution in [1.82, 2.24) is 9.47 Å². The molecule has 1 amide bonds.